The van der Waals surface area contributed by atoms with Crippen molar-refractivity contribution in [3.8, 4) is 0 Å². The maximum Gasteiger partial charge on any atom is 0.335 e. The van der Waals surface area contributed by atoms with E-state index in [0.717, 1.165) is 6.07 Å². The number of hydrogen-bond acceptors (Lipinski definition) is 3. The zero-order valence-corrected chi connectivity index (χ0v) is 11.4. The summed E-state index contributed by atoms with van der Waals surface area (Å²) in [5, 5.41) is 11.7. The normalized spacial score (nSPS) is 18.6. The molecule has 0 atom stereocenters. The molecule has 1 fully saturated rings. The molecule has 2 rings (SSSR count). The molecule has 1 aromatic rings. The average molecular weight is 280 g/mol. The molecule has 0 aliphatic carbocycles. The average Bonchev–Trinajstić information content (AvgIpc) is 2.37. The molecule has 1 aliphatic rings. The lowest BCUT2D eigenvalue weighted by molar-refractivity contribution is -0.135. The molecule has 5 nitrogen and oxygen atoms in total. The summed E-state index contributed by atoms with van der Waals surface area (Å²) in [6.45, 7) is 4.83. The number of hydrogen-bond donors (Lipinski definition) is 2. The van der Waals surface area contributed by atoms with E-state index >= 15 is 0 Å². The van der Waals surface area contributed by atoms with Gasteiger partial charge in [-0.25, -0.2) is 9.18 Å². The SMILES string of the molecule is CC1(C)C(=O)NCCN1Cc1cc(C(=O)O)ccc1F. The Morgan fingerprint density at radius 1 is 1.50 bits per heavy atom. The Labute approximate surface area is 116 Å². The number of carboxylic acid groups (broad SMARTS) is 1. The molecule has 0 saturated carbocycles. The number of carbonyl (C=O) groups excluding carboxylic acids is 1. The summed E-state index contributed by atoms with van der Waals surface area (Å²) < 4.78 is 13.8. The van der Waals surface area contributed by atoms with E-state index < -0.39 is 17.3 Å². The third kappa shape index (κ3) is 2.65. The second-order valence-corrected chi connectivity index (χ2v) is 5.35. The van der Waals surface area contributed by atoms with Crippen LogP contribution in [0.5, 0.6) is 0 Å². The first-order valence-electron chi connectivity index (χ1n) is 6.37. The lowest BCUT2D eigenvalue weighted by Gasteiger charge is -2.41. The lowest BCUT2D eigenvalue weighted by Crippen LogP contribution is -2.61. The minimum atomic E-state index is -1.10. The fraction of sp³-hybridized carbons (Fsp3) is 0.429. The van der Waals surface area contributed by atoms with Crippen molar-refractivity contribution in [1.82, 2.24) is 10.2 Å². The number of nitrogens with one attached hydrogen (secondary N) is 1. The maximum absolute atomic E-state index is 13.8. The fourth-order valence-electron chi connectivity index (χ4n) is 2.26. The van der Waals surface area contributed by atoms with Gasteiger partial charge in [-0.15, -0.1) is 0 Å². The van der Waals surface area contributed by atoms with Crippen LogP contribution in [0.4, 0.5) is 4.39 Å². The van der Waals surface area contributed by atoms with Gasteiger partial charge in [-0.2, -0.15) is 0 Å². The van der Waals surface area contributed by atoms with Crippen molar-refractivity contribution < 1.29 is 19.1 Å². The van der Waals surface area contributed by atoms with Crippen LogP contribution in [0.25, 0.3) is 0 Å². The Bertz CT molecular complexity index is 557. The van der Waals surface area contributed by atoms with Crippen molar-refractivity contribution in [3.63, 3.8) is 0 Å². The van der Waals surface area contributed by atoms with Gasteiger partial charge in [0.2, 0.25) is 5.91 Å². The zero-order chi connectivity index (χ0) is 14.9. The van der Waals surface area contributed by atoms with Crippen molar-refractivity contribution in [2.24, 2.45) is 0 Å². The highest BCUT2D eigenvalue weighted by atomic mass is 19.1. The summed E-state index contributed by atoms with van der Waals surface area (Å²) >= 11 is 0. The van der Waals surface area contributed by atoms with Crippen molar-refractivity contribution in [2.75, 3.05) is 13.1 Å². The van der Waals surface area contributed by atoms with Crippen LogP contribution in [-0.4, -0.2) is 40.5 Å². The summed E-state index contributed by atoms with van der Waals surface area (Å²) in [4.78, 5) is 24.6. The molecule has 20 heavy (non-hydrogen) atoms. The fourth-order valence-corrected chi connectivity index (χ4v) is 2.26. The lowest BCUT2D eigenvalue weighted by atomic mass is 9.97. The first kappa shape index (κ1) is 14.5. The number of amides is 1. The van der Waals surface area contributed by atoms with Crippen LogP contribution in [0.3, 0.4) is 0 Å². The van der Waals surface area contributed by atoms with E-state index in [1.165, 1.54) is 12.1 Å². The maximum atomic E-state index is 13.8. The number of carbonyl (C=O) groups is 2. The molecule has 108 valence electrons. The number of carboxylic acids is 1. The highest BCUT2D eigenvalue weighted by Gasteiger charge is 2.37. The molecule has 0 spiro atoms. The number of benzene rings is 1. The van der Waals surface area contributed by atoms with E-state index in [2.05, 4.69) is 5.32 Å². The summed E-state index contributed by atoms with van der Waals surface area (Å²) in [5.41, 5.74) is -0.419. The molecule has 0 radical (unpaired) electrons. The molecule has 0 unspecified atom stereocenters. The molecule has 2 N–H and O–H groups in total. The van der Waals surface area contributed by atoms with Gasteiger partial charge in [-0.1, -0.05) is 0 Å². The molecule has 1 aromatic carbocycles. The third-order valence-corrected chi connectivity index (χ3v) is 3.67. The first-order chi connectivity index (χ1) is 9.32. The molecule has 1 heterocycles. The van der Waals surface area contributed by atoms with E-state index in [1.807, 2.05) is 4.90 Å². The van der Waals surface area contributed by atoms with Crippen molar-refractivity contribution >= 4 is 11.9 Å². The Morgan fingerprint density at radius 2 is 2.20 bits per heavy atom. The molecule has 6 heteroatoms. The van der Waals surface area contributed by atoms with Gasteiger partial charge in [0.1, 0.15) is 5.82 Å². The second-order valence-electron chi connectivity index (χ2n) is 5.35. The van der Waals surface area contributed by atoms with Gasteiger partial charge in [0.15, 0.2) is 0 Å². The number of nitrogens with zero attached hydrogens (tertiary/aromatic N) is 1. The standard InChI is InChI=1S/C14H17FN2O3/c1-14(2)13(20)16-5-6-17(14)8-10-7-9(12(18)19)3-4-11(10)15/h3-4,7H,5-6,8H2,1-2H3,(H,16,20)(H,18,19). The third-order valence-electron chi connectivity index (χ3n) is 3.67. The molecule has 1 saturated heterocycles. The van der Waals surface area contributed by atoms with Crippen LogP contribution in [0.2, 0.25) is 0 Å². The number of rotatable bonds is 3. The minimum absolute atomic E-state index is 0.0423. The van der Waals surface area contributed by atoms with Gasteiger partial charge in [-0.05, 0) is 32.0 Å². The van der Waals surface area contributed by atoms with E-state index in [4.69, 9.17) is 5.11 Å². The summed E-state index contributed by atoms with van der Waals surface area (Å²) in [6.07, 6.45) is 0. The van der Waals surface area contributed by atoms with Crippen LogP contribution in [0, 0.1) is 5.82 Å². The van der Waals surface area contributed by atoms with Gasteiger partial charge >= 0.3 is 5.97 Å². The van der Waals surface area contributed by atoms with E-state index in [0.29, 0.717) is 13.1 Å². The smallest absolute Gasteiger partial charge is 0.335 e. The summed E-state index contributed by atoms with van der Waals surface area (Å²) in [7, 11) is 0. The van der Waals surface area contributed by atoms with Crippen LogP contribution in [0.15, 0.2) is 18.2 Å². The molecule has 0 aromatic heterocycles. The second kappa shape index (κ2) is 5.20. The van der Waals surface area contributed by atoms with Gasteiger partial charge in [0.05, 0.1) is 11.1 Å². The topological polar surface area (TPSA) is 69.6 Å². The molecule has 1 aliphatic heterocycles. The minimum Gasteiger partial charge on any atom is -0.478 e. The van der Waals surface area contributed by atoms with Gasteiger partial charge in [0, 0.05) is 25.2 Å². The van der Waals surface area contributed by atoms with Crippen LogP contribution >= 0.6 is 0 Å². The Morgan fingerprint density at radius 3 is 2.85 bits per heavy atom. The van der Waals surface area contributed by atoms with Gasteiger partial charge in [-0.3, -0.25) is 9.69 Å². The Balaban J connectivity index is 2.27. The first-order valence-corrected chi connectivity index (χ1v) is 6.37. The molecule has 1 amide bonds. The van der Waals surface area contributed by atoms with E-state index in [-0.39, 0.29) is 23.6 Å². The van der Waals surface area contributed by atoms with Crippen molar-refractivity contribution in [1.29, 1.82) is 0 Å². The van der Waals surface area contributed by atoms with Crippen LogP contribution in [0.1, 0.15) is 29.8 Å². The predicted molar refractivity (Wildman–Crippen MR) is 70.9 cm³/mol. The van der Waals surface area contributed by atoms with Gasteiger partial charge < -0.3 is 10.4 Å². The monoisotopic (exact) mass is 280 g/mol. The van der Waals surface area contributed by atoms with Gasteiger partial charge in [0.25, 0.3) is 0 Å². The quantitative estimate of drug-likeness (QED) is 0.874. The number of halogens is 1. The molecule has 0 bridgehead atoms. The Hall–Kier alpha value is -1.95. The number of aromatic carboxylic acids is 1. The predicted octanol–water partition coefficient (Wildman–Crippen LogP) is 1.23. The van der Waals surface area contributed by atoms with E-state index in [1.54, 1.807) is 13.8 Å². The van der Waals surface area contributed by atoms with E-state index in [9.17, 15) is 14.0 Å². The summed E-state index contributed by atoms with van der Waals surface area (Å²) in [5.74, 6) is -1.67. The Kier molecular flexibility index (Phi) is 3.76. The highest BCUT2D eigenvalue weighted by molar-refractivity contribution is 5.88. The van der Waals surface area contributed by atoms with Crippen molar-refractivity contribution in [3.05, 3.63) is 35.1 Å². The molecular formula is C14H17FN2O3. The van der Waals surface area contributed by atoms with Crippen LogP contribution in [-0.2, 0) is 11.3 Å². The highest BCUT2D eigenvalue weighted by Crippen LogP contribution is 2.22. The largest absolute Gasteiger partial charge is 0.478 e. The zero-order valence-electron chi connectivity index (χ0n) is 11.4. The number of piperazine rings is 1. The summed E-state index contributed by atoms with van der Waals surface area (Å²) in [6, 6.07) is 3.70. The van der Waals surface area contributed by atoms with Crippen LogP contribution < -0.4 is 5.32 Å². The molecular weight excluding hydrogens is 263 g/mol. The van der Waals surface area contributed by atoms with Crippen molar-refractivity contribution in [2.45, 2.75) is 25.9 Å².